The SMILES string of the molecule is CCn1cc(C(=O)CC2=CCCCC2)cn1. The van der Waals surface area contributed by atoms with Gasteiger partial charge in [-0.25, -0.2) is 0 Å². The van der Waals surface area contributed by atoms with E-state index in [1.165, 1.54) is 18.4 Å². The summed E-state index contributed by atoms with van der Waals surface area (Å²) < 4.78 is 1.79. The van der Waals surface area contributed by atoms with Gasteiger partial charge in [0.05, 0.1) is 11.8 Å². The molecule has 1 aromatic rings. The maximum absolute atomic E-state index is 11.9. The molecule has 0 aliphatic heterocycles. The average molecular weight is 218 g/mol. The van der Waals surface area contributed by atoms with Gasteiger partial charge in [0, 0.05) is 19.2 Å². The third-order valence-electron chi connectivity index (χ3n) is 3.05. The minimum atomic E-state index is 0.202. The van der Waals surface area contributed by atoms with E-state index < -0.39 is 0 Å². The summed E-state index contributed by atoms with van der Waals surface area (Å²) in [5, 5.41) is 4.13. The van der Waals surface area contributed by atoms with E-state index in [1.54, 1.807) is 10.9 Å². The number of aryl methyl sites for hydroxylation is 1. The number of aromatic nitrogens is 2. The van der Waals surface area contributed by atoms with Gasteiger partial charge in [-0.15, -0.1) is 0 Å². The van der Waals surface area contributed by atoms with Gasteiger partial charge in [0.2, 0.25) is 0 Å². The van der Waals surface area contributed by atoms with Crippen molar-refractivity contribution in [1.29, 1.82) is 0 Å². The van der Waals surface area contributed by atoms with Gasteiger partial charge in [0.15, 0.2) is 5.78 Å². The van der Waals surface area contributed by atoms with E-state index in [1.807, 2.05) is 13.1 Å². The van der Waals surface area contributed by atoms with Crippen LogP contribution >= 0.6 is 0 Å². The van der Waals surface area contributed by atoms with Crippen LogP contribution in [0.5, 0.6) is 0 Å². The first-order valence-electron chi connectivity index (χ1n) is 6.03. The number of hydrogen-bond donors (Lipinski definition) is 0. The van der Waals surface area contributed by atoms with Gasteiger partial charge in [0.25, 0.3) is 0 Å². The Morgan fingerprint density at radius 2 is 2.38 bits per heavy atom. The van der Waals surface area contributed by atoms with Gasteiger partial charge in [0.1, 0.15) is 0 Å². The van der Waals surface area contributed by atoms with Crippen LogP contribution in [0.1, 0.15) is 49.4 Å². The molecule has 1 aliphatic carbocycles. The van der Waals surface area contributed by atoms with E-state index in [2.05, 4.69) is 11.2 Å². The Balaban J connectivity index is 1.99. The minimum Gasteiger partial charge on any atom is -0.294 e. The Morgan fingerprint density at radius 1 is 1.50 bits per heavy atom. The molecule has 0 atom stereocenters. The summed E-state index contributed by atoms with van der Waals surface area (Å²) in [7, 11) is 0. The Kier molecular flexibility index (Phi) is 3.54. The highest BCUT2D eigenvalue weighted by molar-refractivity contribution is 5.97. The van der Waals surface area contributed by atoms with Crippen molar-refractivity contribution in [3.63, 3.8) is 0 Å². The van der Waals surface area contributed by atoms with Crippen molar-refractivity contribution < 1.29 is 4.79 Å². The van der Waals surface area contributed by atoms with Gasteiger partial charge in [-0.1, -0.05) is 11.6 Å². The van der Waals surface area contributed by atoms with Crippen molar-refractivity contribution in [2.24, 2.45) is 0 Å². The molecule has 3 nitrogen and oxygen atoms in total. The first-order valence-corrected chi connectivity index (χ1v) is 6.03. The molecule has 16 heavy (non-hydrogen) atoms. The number of carbonyl (C=O) groups excluding carboxylic acids is 1. The zero-order valence-corrected chi connectivity index (χ0v) is 9.78. The van der Waals surface area contributed by atoms with Gasteiger partial charge in [-0.2, -0.15) is 5.10 Å². The number of allylic oxidation sites excluding steroid dienone is 2. The molecule has 1 aliphatic rings. The third kappa shape index (κ3) is 2.60. The van der Waals surface area contributed by atoms with E-state index in [0.717, 1.165) is 24.9 Å². The van der Waals surface area contributed by atoms with Gasteiger partial charge in [-0.05, 0) is 32.6 Å². The summed E-state index contributed by atoms with van der Waals surface area (Å²) >= 11 is 0. The van der Waals surface area contributed by atoms with Crippen molar-refractivity contribution >= 4 is 5.78 Å². The number of rotatable bonds is 4. The first kappa shape index (κ1) is 11.1. The number of ketones is 1. The number of hydrogen-bond acceptors (Lipinski definition) is 2. The summed E-state index contributed by atoms with van der Waals surface area (Å²) in [5.74, 6) is 0.202. The van der Waals surface area contributed by atoms with Crippen LogP contribution in [-0.4, -0.2) is 15.6 Å². The van der Waals surface area contributed by atoms with Crippen LogP contribution < -0.4 is 0 Å². The molecule has 0 radical (unpaired) electrons. The monoisotopic (exact) mass is 218 g/mol. The predicted octanol–water partition coefficient (Wildman–Crippen LogP) is 2.98. The lowest BCUT2D eigenvalue weighted by atomic mass is 9.94. The molecule has 1 aromatic heterocycles. The largest absolute Gasteiger partial charge is 0.294 e. The van der Waals surface area contributed by atoms with Crippen LogP contribution in [0.25, 0.3) is 0 Å². The quantitative estimate of drug-likeness (QED) is 0.575. The molecule has 0 amide bonds. The zero-order valence-electron chi connectivity index (χ0n) is 9.78. The number of Topliss-reactive ketones (excluding diaryl/α,β-unsaturated/α-hetero) is 1. The molecular formula is C13H18N2O. The summed E-state index contributed by atoms with van der Waals surface area (Å²) in [6.07, 6.45) is 11.0. The van der Waals surface area contributed by atoms with Crippen LogP contribution in [0.15, 0.2) is 24.0 Å². The second kappa shape index (κ2) is 5.10. The molecule has 3 heteroatoms. The Hall–Kier alpha value is -1.38. The molecule has 0 spiro atoms. The van der Waals surface area contributed by atoms with Crippen LogP contribution in [0.2, 0.25) is 0 Å². The van der Waals surface area contributed by atoms with Crippen LogP contribution in [0, 0.1) is 0 Å². The highest BCUT2D eigenvalue weighted by Crippen LogP contribution is 2.21. The predicted molar refractivity (Wildman–Crippen MR) is 63.4 cm³/mol. The molecule has 0 saturated heterocycles. The fraction of sp³-hybridized carbons (Fsp3) is 0.538. The second-order valence-electron chi connectivity index (χ2n) is 4.29. The van der Waals surface area contributed by atoms with Gasteiger partial charge < -0.3 is 0 Å². The van der Waals surface area contributed by atoms with E-state index in [9.17, 15) is 4.79 Å². The van der Waals surface area contributed by atoms with E-state index in [0.29, 0.717) is 6.42 Å². The van der Waals surface area contributed by atoms with Crippen molar-refractivity contribution in [1.82, 2.24) is 9.78 Å². The van der Waals surface area contributed by atoms with Crippen molar-refractivity contribution in [2.75, 3.05) is 0 Å². The Morgan fingerprint density at radius 3 is 3.00 bits per heavy atom. The van der Waals surface area contributed by atoms with Gasteiger partial charge in [-0.3, -0.25) is 9.48 Å². The standard InChI is InChI=1S/C13H18N2O/c1-2-15-10-12(9-14-15)13(16)8-11-6-4-3-5-7-11/h6,9-10H,2-5,7-8H2,1H3. The molecule has 0 fully saturated rings. The minimum absolute atomic E-state index is 0.202. The normalized spacial score (nSPS) is 15.9. The first-order chi connectivity index (χ1) is 7.79. The maximum Gasteiger partial charge on any atom is 0.170 e. The molecule has 0 aromatic carbocycles. The molecular weight excluding hydrogens is 200 g/mol. The lowest BCUT2D eigenvalue weighted by Crippen LogP contribution is -2.02. The lowest BCUT2D eigenvalue weighted by Gasteiger charge is -2.10. The Bertz CT molecular complexity index is 404. The smallest absolute Gasteiger partial charge is 0.170 e. The summed E-state index contributed by atoms with van der Waals surface area (Å²) in [6.45, 7) is 2.83. The van der Waals surface area contributed by atoms with Gasteiger partial charge >= 0.3 is 0 Å². The maximum atomic E-state index is 11.9. The molecule has 0 unspecified atom stereocenters. The van der Waals surface area contributed by atoms with E-state index in [-0.39, 0.29) is 5.78 Å². The fourth-order valence-corrected chi connectivity index (χ4v) is 2.05. The number of nitrogens with zero attached hydrogens (tertiary/aromatic N) is 2. The Labute approximate surface area is 96.2 Å². The molecule has 1 heterocycles. The highest BCUT2D eigenvalue weighted by atomic mass is 16.1. The van der Waals surface area contributed by atoms with Crippen LogP contribution in [0.4, 0.5) is 0 Å². The van der Waals surface area contributed by atoms with Crippen LogP contribution in [-0.2, 0) is 6.54 Å². The molecule has 2 rings (SSSR count). The fourth-order valence-electron chi connectivity index (χ4n) is 2.05. The van der Waals surface area contributed by atoms with Crippen molar-refractivity contribution in [3.8, 4) is 0 Å². The zero-order chi connectivity index (χ0) is 11.4. The molecule has 0 saturated carbocycles. The summed E-state index contributed by atoms with van der Waals surface area (Å²) in [6, 6.07) is 0. The summed E-state index contributed by atoms with van der Waals surface area (Å²) in [5.41, 5.74) is 2.05. The van der Waals surface area contributed by atoms with Crippen LogP contribution in [0.3, 0.4) is 0 Å². The van der Waals surface area contributed by atoms with E-state index in [4.69, 9.17) is 0 Å². The topological polar surface area (TPSA) is 34.9 Å². The number of carbonyl (C=O) groups is 1. The average Bonchev–Trinajstić information content (AvgIpc) is 2.79. The second-order valence-corrected chi connectivity index (χ2v) is 4.29. The lowest BCUT2D eigenvalue weighted by molar-refractivity contribution is 0.0991. The van der Waals surface area contributed by atoms with E-state index >= 15 is 0 Å². The van der Waals surface area contributed by atoms with Crippen molar-refractivity contribution in [2.45, 2.75) is 45.6 Å². The highest BCUT2D eigenvalue weighted by Gasteiger charge is 2.12. The van der Waals surface area contributed by atoms with Crippen molar-refractivity contribution in [3.05, 3.63) is 29.6 Å². The summed E-state index contributed by atoms with van der Waals surface area (Å²) in [4.78, 5) is 11.9. The molecule has 0 N–H and O–H groups in total. The third-order valence-corrected chi connectivity index (χ3v) is 3.05. The molecule has 0 bridgehead atoms. The molecule has 86 valence electrons.